The van der Waals surface area contributed by atoms with Gasteiger partial charge in [-0.3, -0.25) is 0 Å². The highest BCUT2D eigenvalue weighted by atomic mass is 127. The van der Waals surface area contributed by atoms with Gasteiger partial charge in [0.2, 0.25) is 0 Å². The summed E-state index contributed by atoms with van der Waals surface area (Å²) >= 11 is 3.08. The van der Waals surface area contributed by atoms with E-state index in [0.717, 1.165) is 0 Å². The highest BCUT2D eigenvalue weighted by Gasteiger charge is 1.97. The van der Waals surface area contributed by atoms with Crippen LogP contribution in [0.1, 0.15) is 0 Å². The number of nitrogens with zero attached hydrogens (tertiary/aromatic N) is 1. The maximum absolute atomic E-state index is 4.56. The van der Waals surface area contributed by atoms with Crippen molar-refractivity contribution in [2.75, 3.05) is 0 Å². The molecule has 0 aliphatic carbocycles. The van der Waals surface area contributed by atoms with Gasteiger partial charge in [-0.15, -0.1) is 0 Å². The summed E-state index contributed by atoms with van der Waals surface area (Å²) in [5.74, 6) is 4.56. The molecule has 0 saturated carbocycles. The minimum atomic E-state index is 0.626. The van der Waals surface area contributed by atoms with E-state index in [1.165, 1.54) is 0 Å². The van der Waals surface area contributed by atoms with Crippen LogP contribution < -0.4 is 5.90 Å². The summed E-state index contributed by atoms with van der Waals surface area (Å²) in [4.78, 5) is 3.92. The number of hydrogen-bond donors (Lipinski definition) is 1. The van der Waals surface area contributed by atoms with E-state index in [-0.39, 0.29) is 0 Å². The average Bonchev–Trinajstić information content (AvgIpc) is 1.72. The summed E-state index contributed by atoms with van der Waals surface area (Å²) in [5, 5.41) is 0.626. The number of hydrogen-bond acceptors (Lipinski definition) is 5. The van der Waals surface area contributed by atoms with Gasteiger partial charge in [0.25, 0.3) is 0 Å². The van der Waals surface area contributed by atoms with E-state index in [1.54, 1.807) is 46.0 Å². The van der Waals surface area contributed by atoms with Gasteiger partial charge in [0, 0.05) is 0 Å². The van der Waals surface area contributed by atoms with Gasteiger partial charge in [-0.1, -0.05) is 0 Å². The monoisotopic (exact) mass is 332 g/mol. The molecule has 0 aliphatic rings. The minimum Gasteiger partial charge on any atom is -0.191 e. The maximum atomic E-state index is 4.56. The molecule has 0 rings (SSSR count). The zero-order valence-corrected chi connectivity index (χ0v) is 7.32. The minimum absolute atomic E-state index is 0.626. The second kappa shape index (κ2) is 5.40. The smallest absolute Gasteiger partial charge is 0.143 e. The Morgan fingerprint density at radius 1 is 1.29 bits per heavy atom. The van der Waals surface area contributed by atoms with Gasteiger partial charge < -0.3 is 0 Å². The molecule has 0 atom stereocenters. The van der Waals surface area contributed by atoms with Gasteiger partial charge in [0.05, 0.1) is 0 Å². The molecule has 0 saturated heterocycles. The summed E-state index contributed by atoms with van der Waals surface area (Å²) in [5.41, 5.74) is 0. The Kier molecular flexibility index (Phi) is 6.37. The van der Waals surface area contributed by atoms with Crippen molar-refractivity contribution >= 4 is 46.0 Å². The summed E-state index contributed by atoms with van der Waals surface area (Å²) in [6, 6.07) is 0. The van der Waals surface area contributed by atoms with Crippen molar-refractivity contribution in [1.29, 1.82) is 0 Å². The van der Waals surface area contributed by atoms with Crippen LogP contribution in [0.2, 0.25) is 0 Å². The lowest BCUT2D eigenvalue weighted by Gasteiger charge is -2.04. The molecule has 0 radical (unpaired) electrons. The summed E-state index contributed by atoms with van der Waals surface area (Å²) in [6.07, 6.45) is 0. The first-order chi connectivity index (χ1) is 3.35. The molecule has 0 unspecified atom stereocenters. The van der Waals surface area contributed by atoms with Crippen LogP contribution in [0.5, 0.6) is 0 Å². The summed E-state index contributed by atoms with van der Waals surface area (Å²) < 4.78 is 8.55. The molecule has 44 valence electrons. The van der Waals surface area contributed by atoms with E-state index in [0.29, 0.717) is 5.39 Å². The fourth-order valence-electron chi connectivity index (χ4n) is 0.0432. The molecule has 0 aliphatic heterocycles. The molecule has 7 heteroatoms. The molecular weight excluding hydrogens is 330 g/mol. The molecular formula is H2I2N2O3. The van der Waals surface area contributed by atoms with Gasteiger partial charge in [-0.25, -0.2) is 0 Å². The third-order valence-corrected chi connectivity index (χ3v) is 0.842. The lowest BCUT2D eigenvalue weighted by Crippen LogP contribution is -2.20. The standard InChI is InChI=1S/H2I2N2O3/c1-5-4(6-2)7-3/h3H2. The average molecular weight is 332 g/mol. The van der Waals surface area contributed by atoms with Gasteiger partial charge in [0.15, 0.2) is 0 Å². The molecule has 0 heterocycles. The number of rotatable bonds is 3. The van der Waals surface area contributed by atoms with Crippen LogP contribution in [0.4, 0.5) is 0 Å². The number of nitrogens with two attached hydrogens (primary N) is 1. The van der Waals surface area contributed by atoms with Crippen molar-refractivity contribution in [3.63, 3.8) is 0 Å². The lowest BCUT2D eigenvalue weighted by atomic mass is 12.9. The second-order valence-corrected chi connectivity index (χ2v) is 1.25. The fraction of sp³-hybridized carbons (Fsp3) is 0. The van der Waals surface area contributed by atoms with E-state index in [2.05, 4.69) is 17.2 Å². The molecule has 0 aromatic heterocycles. The maximum Gasteiger partial charge on any atom is 0.143 e. The largest absolute Gasteiger partial charge is 0.191 e. The van der Waals surface area contributed by atoms with Crippen LogP contribution in [0.25, 0.3) is 0 Å². The van der Waals surface area contributed by atoms with Crippen molar-refractivity contribution < 1.29 is 11.3 Å². The van der Waals surface area contributed by atoms with Crippen LogP contribution in [0, 0.1) is 0 Å². The topological polar surface area (TPSA) is 57.0 Å². The first kappa shape index (κ1) is 8.26. The van der Waals surface area contributed by atoms with Crippen molar-refractivity contribution in [2.45, 2.75) is 0 Å². The molecule has 0 aromatic carbocycles. The quantitative estimate of drug-likeness (QED) is 0.608. The number of halogens is 2. The molecule has 0 aromatic rings. The van der Waals surface area contributed by atoms with Crippen molar-refractivity contribution in [3.8, 4) is 0 Å². The summed E-state index contributed by atoms with van der Waals surface area (Å²) in [6.45, 7) is 0. The zero-order valence-electron chi connectivity index (χ0n) is 3.01. The Labute approximate surface area is 68.3 Å². The van der Waals surface area contributed by atoms with Gasteiger partial charge in [-0.2, -0.15) is 17.2 Å². The van der Waals surface area contributed by atoms with Crippen LogP contribution in [0.15, 0.2) is 0 Å². The third-order valence-electron chi connectivity index (χ3n) is 0.199. The normalized spacial score (nSPS) is 10.3. The van der Waals surface area contributed by atoms with E-state index >= 15 is 0 Å². The Bertz CT molecular complexity index is 32.4. The molecule has 0 fully saturated rings. The van der Waals surface area contributed by atoms with E-state index in [9.17, 15) is 0 Å². The van der Waals surface area contributed by atoms with E-state index < -0.39 is 0 Å². The van der Waals surface area contributed by atoms with Gasteiger partial charge >= 0.3 is 0 Å². The first-order valence-electron chi connectivity index (χ1n) is 1.09. The third kappa shape index (κ3) is 3.81. The van der Waals surface area contributed by atoms with Crippen molar-refractivity contribution in [2.24, 2.45) is 5.90 Å². The van der Waals surface area contributed by atoms with Crippen LogP contribution >= 0.6 is 46.0 Å². The van der Waals surface area contributed by atoms with Crippen LogP contribution in [-0.4, -0.2) is 5.39 Å². The van der Waals surface area contributed by atoms with Crippen molar-refractivity contribution in [3.05, 3.63) is 0 Å². The SMILES string of the molecule is NON(OI)OI. The molecule has 2 N–H and O–H groups in total. The predicted molar refractivity (Wildman–Crippen MR) is 37.3 cm³/mol. The molecule has 7 heavy (non-hydrogen) atoms. The van der Waals surface area contributed by atoms with Crippen molar-refractivity contribution in [1.82, 2.24) is 5.39 Å². The zero-order chi connectivity index (χ0) is 5.70. The van der Waals surface area contributed by atoms with Crippen LogP contribution in [-0.2, 0) is 11.3 Å². The Hall–Kier alpha value is 1.26. The van der Waals surface area contributed by atoms with Gasteiger partial charge in [0.1, 0.15) is 51.4 Å². The van der Waals surface area contributed by atoms with E-state index in [1.807, 2.05) is 0 Å². The first-order valence-corrected chi connectivity index (χ1v) is 2.85. The molecule has 5 nitrogen and oxygen atoms in total. The Morgan fingerprint density at radius 2 is 1.71 bits per heavy atom. The molecule has 0 amide bonds. The highest BCUT2D eigenvalue weighted by Crippen LogP contribution is 1.99. The molecule has 0 spiro atoms. The highest BCUT2D eigenvalue weighted by molar-refractivity contribution is 14.1. The molecule has 0 bridgehead atoms. The van der Waals surface area contributed by atoms with Crippen LogP contribution in [0.3, 0.4) is 0 Å². The van der Waals surface area contributed by atoms with E-state index in [4.69, 9.17) is 0 Å². The lowest BCUT2D eigenvalue weighted by molar-refractivity contribution is -0.425. The fourth-order valence-corrected chi connectivity index (χ4v) is 0.697. The summed E-state index contributed by atoms with van der Waals surface area (Å²) in [7, 11) is 0. The Balaban J connectivity index is 2.99. The van der Waals surface area contributed by atoms with Gasteiger partial charge in [-0.05, 0) is 0 Å². The second-order valence-electron chi connectivity index (χ2n) is 0.467. The predicted octanol–water partition coefficient (Wildman–Crippen LogP) is 0.657. The Morgan fingerprint density at radius 3 is 1.71 bits per heavy atom.